The SMILES string of the molecule is CCNC1CC(C)CC(C)C1N(CCN(C)C)CC(C)C. The Balaban J connectivity index is 2.82. The Morgan fingerprint density at radius 3 is 2.29 bits per heavy atom. The van der Waals surface area contributed by atoms with E-state index in [1.54, 1.807) is 0 Å². The number of hydrogen-bond acceptors (Lipinski definition) is 3. The maximum Gasteiger partial charge on any atom is 0.0275 e. The standard InChI is InChI=1S/C18H39N3/c1-8-19-17-12-15(4)11-16(5)18(17)21(13-14(2)3)10-9-20(6)7/h14-19H,8-13H2,1-7H3. The molecule has 4 atom stereocenters. The number of likely N-dealkylation sites (N-methyl/N-ethyl adjacent to an activating group) is 2. The summed E-state index contributed by atoms with van der Waals surface area (Å²) in [7, 11) is 4.36. The molecule has 21 heavy (non-hydrogen) atoms. The van der Waals surface area contributed by atoms with Crippen molar-refractivity contribution in [3.8, 4) is 0 Å². The smallest absolute Gasteiger partial charge is 0.0275 e. The Morgan fingerprint density at radius 2 is 1.76 bits per heavy atom. The molecule has 1 fully saturated rings. The van der Waals surface area contributed by atoms with E-state index in [1.807, 2.05) is 0 Å². The highest BCUT2D eigenvalue weighted by molar-refractivity contribution is 4.94. The second-order valence-corrected chi connectivity index (χ2v) is 7.90. The van der Waals surface area contributed by atoms with E-state index in [9.17, 15) is 0 Å². The van der Waals surface area contributed by atoms with Crippen LogP contribution >= 0.6 is 0 Å². The lowest BCUT2D eigenvalue weighted by molar-refractivity contribution is 0.0491. The molecule has 0 aromatic rings. The van der Waals surface area contributed by atoms with Gasteiger partial charge in [0, 0.05) is 31.7 Å². The number of nitrogens with zero attached hydrogens (tertiary/aromatic N) is 2. The van der Waals surface area contributed by atoms with Gasteiger partial charge in [0.2, 0.25) is 0 Å². The van der Waals surface area contributed by atoms with Gasteiger partial charge in [-0.1, -0.05) is 34.6 Å². The van der Waals surface area contributed by atoms with Gasteiger partial charge in [0.15, 0.2) is 0 Å². The zero-order valence-corrected chi connectivity index (χ0v) is 15.5. The lowest BCUT2D eigenvalue weighted by Crippen LogP contribution is -2.58. The van der Waals surface area contributed by atoms with Crippen molar-refractivity contribution in [2.24, 2.45) is 17.8 Å². The van der Waals surface area contributed by atoms with E-state index in [4.69, 9.17) is 0 Å². The van der Waals surface area contributed by atoms with Crippen LogP contribution in [0.3, 0.4) is 0 Å². The maximum absolute atomic E-state index is 3.78. The summed E-state index contributed by atoms with van der Waals surface area (Å²) in [5.74, 6) is 2.38. The minimum atomic E-state index is 0.662. The molecule has 0 spiro atoms. The van der Waals surface area contributed by atoms with Gasteiger partial charge in [0.1, 0.15) is 0 Å². The topological polar surface area (TPSA) is 18.5 Å². The van der Waals surface area contributed by atoms with E-state index in [-0.39, 0.29) is 0 Å². The van der Waals surface area contributed by atoms with Crippen LogP contribution in [0.2, 0.25) is 0 Å². The van der Waals surface area contributed by atoms with Gasteiger partial charge in [-0.25, -0.2) is 0 Å². The first-order chi connectivity index (χ1) is 9.85. The summed E-state index contributed by atoms with van der Waals surface area (Å²) in [6, 6.07) is 1.36. The van der Waals surface area contributed by atoms with Crippen LogP contribution in [0.1, 0.15) is 47.5 Å². The third-order valence-electron chi connectivity index (χ3n) is 4.75. The Bertz CT molecular complexity index is 278. The highest BCUT2D eigenvalue weighted by Crippen LogP contribution is 2.32. The minimum absolute atomic E-state index is 0.662. The normalized spacial score (nSPS) is 30.6. The zero-order chi connectivity index (χ0) is 16.0. The summed E-state index contributed by atoms with van der Waals surface area (Å²) in [5.41, 5.74) is 0. The molecular weight excluding hydrogens is 258 g/mol. The van der Waals surface area contributed by atoms with E-state index in [2.05, 4.69) is 63.8 Å². The summed E-state index contributed by atoms with van der Waals surface area (Å²) in [4.78, 5) is 5.08. The van der Waals surface area contributed by atoms with Crippen LogP contribution in [0.15, 0.2) is 0 Å². The fourth-order valence-corrected chi connectivity index (χ4v) is 4.08. The number of nitrogens with one attached hydrogen (secondary N) is 1. The van der Waals surface area contributed by atoms with Crippen LogP contribution in [0, 0.1) is 17.8 Å². The molecule has 0 saturated heterocycles. The van der Waals surface area contributed by atoms with Gasteiger partial charge in [-0.15, -0.1) is 0 Å². The number of hydrogen-bond donors (Lipinski definition) is 1. The Kier molecular flexibility index (Phi) is 8.22. The third kappa shape index (κ3) is 6.25. The van der Waals surface area contributed by atoms with E-state index in [0.717, 1.165) is 30.8 Å². The molecule has 0 amide bonds. The molecule has 0 radical (unpaired) electrons. The number of rotatable bonds is 8. The van der Waals surface area contributed by atoms with Crippen molar-refractivity contribution >= 4 is 0 Å². The Morgan fingerprint density at radius 1 is 1.10 bits per heavy atom. The summed E-state index contributed by atoms with van der Waals surface area (Å²) in [6.07, 6.45) is 2.71. The molecule has 1 aliphatic carbocycles. The van der Waals surface area contributed by atoms with Gasteiger partial charge in [0.05, 0.1) is 0 Å². The van der Waals surface area contributed by atoms with Crippen molar-refractivity contribution in [1.29, 1.82) is 0 Å². The first-order valence-corrected chi connectivity index (χ1v) is 8.97. The third-order valence-corrected chi connectivity index (χ3v) is 4.75. The predicted molar refractivity (Wildman–Crippen MR) is 93.8 cm³/mol. The summed E-state index contributed by atoms with van der Waals surface area (Å²) < 4.78 is 0. The second-order valence-electron chi connectivity index (χ2n) is 7.90. The molecule has 1 N–H and O–H groups in total. The van der Waals surface area contributed by atoms with Gasteiger partial charge >= 0.3 is 0 Å². The fourth-order valence-electron chi connectivity index (χ4n) is 4.08. The molecule has 0 aromatic carbocycles. The molecule has 0 heterocycles. The lowest BCUT2D eigenvalue weighted by atomic mass is 9.75. The summed E-state index contributed by atoms with van der Waals surface area (Å²) in [6.45, 7) is 16.5. The van der Waals surface area contributed by atoms with Gasteiger partial charge in [-0.3, -0.25) is 4.90 Å². The molecule has 0 aliphatic heterocycles. The summed E-state index contributed by atoms with van der Waals surface area (Å²) in [5, 5.41) is 3.78. The fraction of sp³-hybridized carbons (Fsp3) is 1.00. The molecule has 0 aromatic heterocycles. The zero-order valence-electron chi connectivity index (χ0n) is 15.5. The van der Waals surface area contributed by atoms with Crippen molar-refractivity contribution in [2.75, 3.05) is 40.3 Å². The van der Waals surface area contributed by atoms with Crippen LogP contribution in [0.25, 0.3) is 0 Å². The highest BCUT2D eigenvalue weighted by atomic mass is 15.2. The van der Waals surface area contributed by atoms with E-state index < -0.39 is 0 Å². The first-order valence-electron chi connectivity index (χ1n) is 8.97. The molecule has 1 rings (SSSR count). The van der Waals surface area contributed by atoms with Crippen LogP contribution < -0.4 is 5.32 Å². The molecule has 1 saturated carbocycles. The average Bonchev–Trinajstić information content (AvgIpc) is 2.34. The van der Waals surface area contributed by atoms with Crippen LogP contribution in [-0.4, -0.2) is 62.2 Å². The monoisotopic (exact) mass is 297 g/mol. The van der Waals surface area contributed by atoms with Crippen LogP contribution in [-0.2, 0) is 0 Å². The minimum Gasteiger partial charge on any atom is -0.313 e. The van der Waals surface area contributed by atoms with Crippen molar-refractivity contribution in [3.05, 3.63) is 0 Å². The van der Waals surface area contributed by atoms with E-state index >= 15 is 0 Å². The van der Waals surface area contributed by atoms with E-state index in [1.165, 1.54) is 25.9 Å². The molecule has 3 heteroatoms. The van der Waals surface area contributed by atoms with E-state index in [0.29, 0.717) is 12.1 Å². The Labute approximate surface area is 133 Å². The first kappa shape index (κ1) is 18.9. The quantitative estimate of drug-likeness (QED) is 0.743. The van der Waals surface area contributed by atoms with Gasteiger partial charge in [0.25, 0.3) is 0 Å². The largest absolute Gasteiger partial charge is 0.313 e. The second kappa shape index (κ2) is 9.12. The molecule has 126 valence electrons. The van der Waals surface area contributed by atoms with Crippen molar-refractivity contribution in [2.45, 2.75) is 59.5 Å². The van der Waals surface area contributed by atoms with Crippen molar-refractivity contribution in [1.82, 2.24) is 15.1 Å². The summed E-state index contributed by atoms with van der Waals surface area (Å²) >= 11 is 0. The molecule has 4 unspecified atom stereocenters. The molecule has 0 bridgehead atoms. The maximum atomic E-state index is 3.78. The Hall–Kier alpha value is -0.120. The highest BCUT2D eigenvalue weighted by Gasteiger charge is 2.37. The average molecular weight is 298 g/mol. The van der Waals surface area contributed by atoms with Crippen LogP contribution in [0.5, 0.6) is 0 Å². The van der Waals surface area contributed by atoms with Gasteiger partial charge in [-0.2, -0.15) is 0 Å². The van der Waals surface area contributed by atoms with Gasteiger partial charge < -0.3 is 10.2 Å². The van der Waals surface area contributed by atoms with Gasteiger partial charge in [-0.05, 0) is 51.2 Å². The molecule has 3 nitrogen and oxygen atoms in total. The molecular formula is C18H39N3. The molecule has 1 aliphatic rings. The predicted octanol–water partition coefficient (Wildman–Crippen LogP) is 2.92. The van der Waals surface area contributed by atoms with Crippen molar-refractivity contribution in [3.63, 3.8) is 0 Å². The van der Waals surface area contributed by atoms with Crippen molar-refractivity contribution < 1.29 is 0 Å². The lowest BCUT2D eigenvalue weighted by Gasteiger charge is -2.47. The van der Waals surface area contributed by atoms with Crippen LogP contribution in [0.4, 0.5) is 0 Å².